The van der Waals surface area contributed by atoms with Crippen molar-refractivity contribution in [3.05, 3.63) is 36.0 Å². The summed E-state index contributed by atoms with van der Waals surface area (Å²) in [5.74, 6) is 0.516. The summed E-state index contributed by atoms with van der Waals surface area (Å²) in [6.07, 6.45) is 7.57. The van der Waals surface area contributed by atoms with Crippen LogP contribution in [0.1, 0.15) is 76.2 Å². The van der Waals surface area contributed by atoms with Gasteiger partial charge in [0.2, 0.25) is 5.91 Å². The summed E-state index contributed by atoms with van der Waals surface area (Å²) in [4.78, 5) is 28.6. The van der Waals surface area contributed by atoms with Crippen LogP contribution >= 0.6 is 0 Å². The normalized spacial score (nSPS) is 21.1. The van der Waals surface area contributed by atoms with Crippen LogP contribution in [0.15, 0.2) is 30.3 Å². The molecule has 0 bridgehead atoms. The first-order valence-corrected chi connectivity index (χ1v) is 12.4. The van der Waals surface area contributed by atoms with Gasteiger partial charge in [-0.3, -0.25) is 14.3 Å². The number of amides is 2. The topological polar surface area (TPSA) is 76.5 Å². The van der Waals surface area contributed by atoms with Gasteiger partial charge < -0.3 is 15.0 Å². The zero-order valence-corrected chi connectivity index (χ0v) is 20.1. The van der Waals surface area contributed by atoms with Gasteiger partial charge in [0, 0.05) is 18.2 Å². The largest absolute Gasteiger partial charge is 0.493 e. The van der Waals surface area contributed by atoms with E-state index in [1.165, 1.54) is 6.42 Å². The van der Waals surface area contributed by atoms with E-state index < -0.39 is 5.54 Å². The summed E-state index contributed by atoms with van der Waals surface area (Å²) in [7, 11) is 0. The molecule has 1 atom stereocenters. The molecule has 33 heavy (non-hydrogen) atoms. The van der Waals surface area contributed by atoms with E-state index in [1.807, 2.05) is 44.2 Å². The lowest BCUT2D eigenvalue weighted by atomic mass is 9.91. The number of nitrogens with one attached hydrogen (secondary N) is 1. The fourth-order valence-electron chi connectivity index (χ4n) is 4.99. The Hall–Kier alpha value is -2.83. The molecule has 0 saturated heterocycles. The molecule has 4 rings (SSSR count). The van der Waals surface area contributed by atoms with Gasteiger partial charge in [-0.2, -0.15) is 5.10 Å². The Bertz CT molecular complexity index is 995. The van der Waals surface area contributed by atoms with Crippen LogP contribution in [0.4, 0.5) is 0 Å². The van der Waals surface area contributed by atoms with Gasteiger partial charge in [0.05, 0.1) is 18.8 Å². The van der Waals surface area contributed by atoms with Crippen LogP contribution in [0, 0.1) is 0 Å². The van der Waals surface area contributed by atoms with Crippen LogP contribution in [0.25, 0.3) is 11.3 Å². The summed E-state index contributed by atoms with van der Waals surface area (Å²) in [5.41, 5.74) is 1.09. The average Bonchev–Trinajstić information content (AvgIpc) is 3.24. The molecule has 2 aliphatic rings. The van der Waals surface area contributed by atoms with Gasteiger partial charge in [-0.25, -0.2) is 0 Å². The van der Waals surface area contributed by atoms with Crippen LogP contribution in [0.3, 0.4) is 0 Å². The number of carbonyl (C=O) groups is 2. The molecule has 1 aromatic heterocycles. The third-order valence-corrected chi connectivity index (χ3v) is 6.96. The number of likely N-dealkylation sites (N-methyl/N-ethyl adjacent to an activating group) is 1. The highest BCUT2D eigenvalue weighted by molar-refractivity contribution is 6.00. The van der Waals surface area contributed by atoms with Crippen LogP contribution < -0.4 is 10.1 Å². The molecule has 2 heterocycles. The highest BCUT2D eigenvalue weighted by Crippen LogP contribution is 2.34. The molecule has 7 nitrogen and oxygen atoms in total. The van der Waals surface area contributed by atoms with Crippen molar-refractivity contribution >= 4 is 11.8 Å². The van der Waals surface area contributed by atoms with E-state index in [9.17, 15) is 9.59 Å². The smallest absolute Gasteiger partial charge is 0.273 e. The maximum Gasteiger partial charge on any atom is 0.273 e. The van der Waals surface area contributed by atoms with Gasteiger partial charge in [-0.15, -0.1) is 0 Å². The number of benzene rings is 1. The predicted molar refractivity (Wildman–Crippen MR) is 128 cm³/mol. The molecule has 1 fully saturated rings. The van der Waals surface area contributed by atoms with E-state index in [2.05, 4.69) is 12.2 Å². The molecule has 178 valence electrons. The maximum absolute atomic E-state index is 13.5. The molecule has 2 aromatic rings. The van der Waals surface area contributed by atoms with E-state index in [1.54, 1.807) is 9.58 Å². The standard InChI is InChI=1S/C26H36N4O3/c1-4-6-16-33-23-15-11-10-14-20(23)21-17-22-24(31)29(5-2)26(3,18-30(22)28-21)25(32)27-19-12-8-7-9-13-19/h10-11,14-15,17,19H,4-9,12-13,16,18H2,1-3H3,(H,27,32)/t26-/m1/s1. The fourth-order valence-corrected chi connectivity index (χ4v) is 4.99. The molecule has 0 radical (unpaired) electrons. The first-order valence-electron chi connectivity index (χ1n) is 12.4. The first-order chi connectivity index (χ1) is 16.0. The molecule has 1 aromatic carbocycles. The quantitative estimate of drug-likeness (QED) is 0.602. The van der Waals surface area contributed by atoms with Gasteiger partial charge >= 0.3 is 0 Å². The third-order valence-electron chi connectivity index (χ3n) is 6.96. The minimum atomic E-state index is -0.975. The van der Waals surface area contributed by atoms with E-state index in [0.717, 1.165) is 49.8 Å². The summed E-state index contributed by atoms with van der Waals surface area (Å²) in [6, 6.07) is 9.81. The minimum Gasteiger partial charge on any atom is -0.493 e. The van der Waals surface area contributed by atoms with Crippen molar-refractivity contribution in [1.82, 2.24) is 20.0 Å². The average molecular weight is 453 g/mol. The summed E-state index contributed by atoms with van der Waals surface area (Å²) in [6.45, 7) is 7.35. The molecule has 1 saturated carbocycles. The molecule has 0 spiro atoms. The van der Waals surface area contributed by atoms with Crippen LogP contribution in [-0.4, -0.2) is 51.2 Å². The second-order valence-electron chi connectivity index (χ2n) is 9.40. The Kier molecular flexibility index (Phi) is 7.05. The number of unbranched alkanes of at least 4 members (excludes halogenated alkanes) is 1. The second-order valence-corrected chi connectivity index (χ2v) is 9.40. The fraction of sp³-hybridized carbons (Fsp3) is 0.577. The van der Waals surface area contributed by atoms with Gasteiger partial charge in [0.1, 0.15) is 17.0 Å². The number of fused-ring (bicyclic) bond motifs is 1. The SMILES string of the molecule is CCCCOc1ccccc1-c1cc2n(n1)C[C@](C)(C(=O)NC1CCCCC1)N(CC)C2=O. The van der Waals surface area contributed by atoms with Crippen molar-refractivity contribution in [3.63, 3.8) is 0 Å². The molecular formula is C26H36N4O3. The minimum absolute atomic E-state index is 0.0874. The Morgan fingerprint density at radius 1 is 1.21 bits per heavy atom. The van der Waals surface area contributed by atoms with E-state index in [4.69, 9.17) is 9.84 Å². The number of carbonyl (C=O) groups excluding carboxylic acids is 2. The Morgan fingerprint density at radius 3 is 2.70 bits per heavy atom. The lowest BCUT2D eigenvalue weighted by Crippen LogP contribution is -2.65. The third kappa shape index (κ3) is 4.63. The number of nitrogens with zero attached hydrogens (tertiary/aromatic N) is 3. The summed E-state index contributed by atoms with van der Waals surface area (Å²) in [5, 5.41) is 7.99. The number of rotatable bonds is 8. The van der Waals surface area contributed by atoms with Crippen molar-refractivity contribution in [3.8, 4) is 17.0 Å². The summed E-state index contributed by atoms with van der Waals surface area (Å²) < 4.78 is 7.69. The molecule has 1 aliphatic carbocycles. The van der Waals surface area contributed by atoms with Crippen molar-refractivity contribution in [2.24, 2.45) is 0 Å². The van der Waals surface area contributed by atoms with Gasteiger partial charge in [-0.05, 0) is 51.3 Å². The van der Waals surface area contributed by atoms with Crippen molar-refractivity contribution in [2.75, 3.05) is 13.2 Å². The number of ether oxygens (including phenoxy) is 1. The number of aromatic nitrogens is 2. The maximum atomic E-state index is 13.5. The molecule has 2 amide bonds. The first kappa shape index (κ1) is 23.3. The Labute approximate surface area is 196 Å². The zero-order valence-electron chi connectivity index (χ0n) is 20.1. The molecular weight excluding hydrogens is 416 g/mol. The van der Waals surface area contributed by atoms with Crippen LogP contribution in [-0.2, 0) is 11.3 Å². The number of hydrogen-bond donors (Lipinski definition) is 1. The van der Waals surface area contributed by atoms with Gasteiger partial charge in [0.25, 0.3) is 5.91 Å². The zero-order chi connectivity index (χ0) is 23.4. The lowest BCUT2D eigenvalue weighted by molar-refractivity contribution is -0.133. The van der Waals surface area contributed by atoms with Gasteiger partial charge in [0.15, 0.2) is 0 Å². The van der Waals surface area contributed by atoms with Crippen molar-refractivity contribution in [1.29, 1.82) is 0 Å². The number of hydrogen-bond acceptors (Lipinski definition) is 4. The number of para-hydroxylation sites is 1. The van der Waals surface area contributed by atoms with E-state index >= 15 is 0 Å². The highest BCUT2D eigenvalue weighted by atomic mass is 16.5. The van der Waals surface area contributed by atoms with Crippen LogP contribution in [0.2, 0.25) is 0 Å². The summed E-state index contributed by atoms with van der Waals surface area (Å²) >= 11 is 0. The van der Waals surface area contributed by atoms with E-state index in [0.29, 0.717) is 31.1 Å². The lowest BCUT2D eigenvalue weighted by Gasteiger charge is -2.43. The molecule has 1 aliphatic heterocycles. The van der Waals surface area contributed by atoms with Crippen molar-refractivity contribution in [2.45, 2.75) is 83.8 Å². The molecule has 7 heteroatoms. The predicted octanol–water partition coefficient (Wildman–Crippen LogP) is 4.41. The Balaban J connectivity index is 1.62. The molecule has 0 unspecified atom stereocenters. The second kappa shape index (κ2) is 9.98. The highest BCUT2D eigenvalue weighted by Gasteiger charge is 2.47. The Morgan fingerprint density at radius 2 is 1.97 bits per heavy atom. The monoisotopic (exact) mass is 452 g/mol. The van der Waals surface area contributed by atoms with Crippen LogP contribution in [0.5, 0.6) is 5.75 Å². The van der Waals surface area contributed by atoms with Gasteiger partial charge in [-0.1, -0.05) is 44.7 Å². The van der Waals surface area contributed by atoms with E-state index in [-0.39, 0.29) is 17.9 Å². The molecule has 1 N–H and O–H groups in total. The van der Waals surface area contributed by atoms with Crippen molar-refractivity contribution < 1.29 is 14.3 Å².